The Morgan fingerprint density at radius 1 is 1.17 bits per heavy atom. The first-order valence-electron chi connectivity index (χ1n) is 8.71. The number of rotatable bonds is 3. The van der Waals surface area contributed by atoms with Gasteiger partial charge in [-0.05, 0) is 42.6 Å². The van der Waals surface area contributed by atoms with Crippen molar-refractivity contribution in [3.63, 3.8) is 0 Å². The summed E-state index contributed by atoms with van der Waals surface area (Å²) in [6, 6.07) is 10.6. The average Bonchev–Trinajstić information content (AvgIpc) is 3.04. The summed E-state index contributed by atoms with van der Waals surface area (Å²) in [4.78, 5) is 1.47. The molecule has 0 spiro atoms. The Labute approximate surface area is 149 Å². The molecule has 0 radical (unpaired) electrons. The zero-order valence-corrected chi connectivity index (χ0v) is 15.1. The molecule has 23 heavy (non-hydrogen) atoms. The lowest BCUT2D eigenvalue weighted by Crippen LogP contribution is -2.51. The first kappa shape index (κ1) is 17.6. The van der Waals surface area contributed by atoms with Crippen molar-refractivity contribution in [1.82, 2.24) is 10.6 Å². The summed E-state index contributed by atoms with van der Waals surface area (Å²) in [6.07, 6.45) is 5.25. The van der Waals surface area contributed by atoms with Crippen molar-refractivity contribution in [3.05, 3.63) is 29.8 Å². The van der Waals surface area contributed by atoms with Crippen molar-refractivity contribution in [1.29, 1.82) is 0 Å². The van der Waals surface area contributed by atoms with E-state index in [1.807, 2.05) is 11.8 Å². The van der Waals surface area contributed by atoms with Gasteiger partial charge in [0.15, 0.2) is 0 Å². The van der Waals surface area contributed by atoms with Crippen molar-refractivity contribution in [3.8, 4) is 0 Å². The summed E-state index contributed by atoms with van der Waals surface area (Å²) in [6.45, 7) is 2.77. The SMILES string of the molecule is Cl.c1ccc2c(c1)SCCC2NC1CCCC1C1COCCN1. The summed E-state index contributed by atoms with van der Waals surface area (Å²) in [7, 11) is 0. The number of nitrogens with one attached hydrogen (secondary N) is 2. The molecule has 4 rings (SSSR count). The lowest BCUT2D eigenvalue weighted by Gasteiger charge is -2.36. The van der Waals surface area contributed by atoms with E-state index in [9.17, 15) is 0 Å². The third-order valence-corrected chi connectivity index (χ3v) is 6.53. The summed E-state index contributed by atoms with van der Waals surface area (Å²) in [5.41, 5.74) is 1.51. The summed E-state index contributed by atoms with van der Waals surface area (Å²) >= 11 is 2.01. The molecule has 3 nitrogen and oxygen atoms in total. The summed E-state index contributed by atoms with van der Waals surface area (Å²) < 4.78 is 5.70. The van der Waals surface area contributed by atoms with Gasteiger partial charge in [-0.1, -0.05) is 24.6 Å². The van der Waals surface area contributed by atoms with Crippen LogP contribution >= 0.6 is 24.2 Å². The Morgan fingerprint density at radius 2 is 2.09 bits per heavy atom. The number of morpholine rings is 1. The first-order valence-corrected chi connectivity index (χ1v) is 9.69. The van der Waals surface area contributed by atoms with Gasteiger partial charge in [-0.2, -0.15) is 0 Å². The number of halogens is 1. The quantitative estimate of drug-likeness (QED) is 0.871. The minimum Gasteiger partial charge on any atom is -0.379 e. The second-order valence-corrected chi connectivity index (χ2v) is 7.87. The highest BCUT2D eigenvalue weighted by atomic mass is 35.5. The van der Waals surface area contributed by atoms with Gasteiger partial charge in [0.05, 0.1) is 13.2 Å². The standard InChI is InChI=1S/C18H26N2OS.ClH/c1-2-7-18-14(4-1)16(8-11-22-18)20-15-6-3-5-13(15)17-12-21-10-9-19-17;/h1-2,4,7,13,15-17,19-20H,3,5-6,8-12H2;1H. The average molecular weight is 355 g/mol. The van der Waals surface area contributed by atoms with E-state index in [2.05, 4.69) is 34.9 Å². The number of hydrogen-bond acceptors (Lipinski definition) is 4. The van der Waals surface area contributed by atoms with E-state index in [-0.39, 0.29) is 12.4 Å². The number of thioether (sulfide) groups is 1. The van der Waals surface area contributed by atoms with Crippen molar-refractivity contribution < 1.29 is 4.74 Å². The van der Waals surface area contributed by atoms with Crippen LogP contribution in [0.15, 0.2) is 29.2 Å². The minimum atomic E-state index is 0. The fourth-order valence-corrected chi connectivity index (χ4v) is 5.44. The van der Waals surface area contributed by atoms with E-state index in [1.54, 1.807) is 0 Å². The molecule has 4 unspecified atom stereocenters. The molecule has 128 valence electrons. The number of fused-ring (bicyclic) bond motifs is 1. The maximum atomic E-state index is 5.70. The van der Waals surface area contributed by atoms with Crippen molar-refractivity contribution >= 4 is 24.2 Å². The van der Waals surface area contributed by atoms with Crippen LogP contribution < -0.4 is 10.6 Å². The molecule has 0 amide bonds. The Morgan fingerprint density at radius 3 is 2.96 bits per heavy atom. The normalized spacial score (nSPS) is 33.7. The first-order chi connectivity index (χ1) is 10.9. The number of benzene rings is 1. The van der Waals surface area contributed by atoms with E-state index in [0.29, 0.717) is 18.1 Å². The molecule has 1 saturated heterocycles. The molecule has 0 aromatic heterocycles. The van der Waals surface area contributed by atoms with Crippen LogP contribution in [0.2, 0.25) is 0 Å². The summed E-state index contributed by atoms with van der Waals surface area (Å²) in [5, 5.41) is 7.69. The third kappa shape index (κ3) is 3.88. The maximum Gasteiger partial charge on any atom is 0.0623 e. The molecule has 1 saturated carbocycles. The van der Waals surface area contributed by atoms with E-state index in [4.69, 9.17) is 4.74 Å². The Balaban J connectivity index is 0.00000156. The van der Waals surface area contributed by atoms with Gasteiger partial charge in [0.25, 0.3) is 0 Å². The third-order valence-electron chi connectivity index (χ3n) is 5.41. The van der Waals surface area contributed by atoms with Crippen LogP contribution in [0.5, 0.6) is 0 Å². The zero-order chi connectivity index (χ0) is 14.8. The molecular formula is C18H27ClN2OS. The molecule has 1 aromatic carbocycles. The van der Waals surface area contributed by atoms with Gasteiger partial charge >= 0.3 is 0 Å². The van der Waals surface area contributed by atoms with Gasteiger partial charge in [-0.3, -0.25) is 0 Å². The largest absolute Gasteiger partial charge is 0.379 e. The predicted molar refractivity (Wildman–Crippen MR) is 98.6 cm³/mol. The van der Waals surface area contributed by atoms with Gasteiger partial charge in [0.2, 0.25) is 0 Å². The highest BCUT2D eigenvalue weighted by molar-refractivity contribution is 7.99. The molecule has 1 aliphatic carbocycles. The predicted octanol–water partition coefficient (Wildman–Crippen LogP) is 3.39. The van der Waals surface area contributed by atoms with Crippen LogP contribution in [0.4, 0.5) is 0 Å². The fraction of sp³-hybridized carbons (Fsp3) is 0.667. The molecule has 1 aromatic rings. The zero-order valence-electron chi connectivity index (χ0n) is 13.5. The van der Waals surface area contributed by atoms with Gasteiger partial charge in [-0.25, -0.2) is 0 Å². The highest BCUT2D eigenvalue weighted by Gasteiger charge is 2.36. The second kappa shape index (κ2) is 8.21. The molecule has 3 aliphatic rings. The Bertz CT molecular complexity index is 510. The Kier molecular flexibility index (Phi) is 6.27. The lowest BCUT2D eigenvalue weighted by atomic mass is 9.92. The molecule has 2 fully saturated rings. The minimum absolute atomic E-state index is 0. The second-order valence-electron chi connectivity index (χ2n) is 6.73. The maximum absolute atomic E-state index is 5.70. The van der Waals surface area contributed by atoms with E-state index in [0.717, 1.165) is 25.7 Å². The molecule has 2 N–H and O–H groups in total. The highest BCUT2D eigenvalue weighted by Crippen LogP contribution is 2.38. The van der Waals surface area contributed by atoms with Crippen molar-refractivity contribution in [2.75, 3.05) is 25.5 Å². The Hall–Kier alpha value is -0.260. The molecule has 2 aliphatic heterocycles. The molecular weight excluding hydrogens is 328 g/mol. The van der Waals surface area contributed by atoms with Gasteiger partial charge in [0, 0.05) is 29.6 Å². The van der Waals surface area contributed by atoms with Crippen molar-refractivity contribution in [2.45, 2.75) is 48.7 Å². The van der Waals surface area contributed by atoms with E-state index < -0.39 is 0 Å². The van der Waals surface area contributed by atoms with Crippen LogP contribution in [-0.2, 0) is 4.74 Å². The molecule has 4 atom stereocenters. The van der Waals surface area contributed by atoms with Crippen LogP contribution in [0.25, 0.3) is 0 Å². The number of hydrogen-bond donors (Lipinski definition) is 2. The van der Waals surface area contributed by atoms with Gasteiger partial charge in [0.1, 0.15) is 0 Å². The van der Waals surface area contributed by atoms with Crippen LogP contribution in [0, 0.1) is 5.92 Å². The van der Waals surface area contributed by atoms with Crippen LogP contribution in [0.1, 0.15) is 37.3 Å². The molecule has 5 heteroatoms. The lowest BCUT2D eigenvalue weighted by molar-refractivity contribution is 0.0516. The smallest absolute Gasteiger partial charge is 0.0623 e. The number of ether oxygens (including phenoxy) is 1. The molecule has 0 bridgehead atoms. The topological polar surface area (TPSA) is 33.3 Å². The monoisotopic (exact) mass is 354 g/mol. The van der Waals surface area contributed by atoms with E-state index in [1.165, 1.54) is 41.9 Å². The molecule has 2 heterocycles. The van der Waals surface area contributed by atoms with Gasteiger partial charge < -0.3 is 15.4 Å². The van der Waals surface area contributed by atoms with E-state index >= 15 is 0 Å². The van der Waals surface area contributed by atoms with Crippen LogP contribution in [0.3, 0.4) is 0 Å². The van der Waals surface area contributed by atoms with Crippen LogP contribution in [-0.4, -0.2) is 37.6 Å². The van der Waals surface area contributed by atoms with Gasteiger partial charge in [-0.15, -0.1) is 24.2 Å². The summed E-state index contributed by atoms with van der Waals surface area (Å²) in [5.74, 6) is 1.96. The van der Waals surface area contributed by atoms with Crippen molar-refractivity contribution in [2.24, 2.45) is 5.92 Å². The fourth-order valence-electron chi connectivity index (χ4n) is 4.31.